The highest BCUT2D eigenvalue weighted by atomic mass is 35.5. The Kier molecular flexibility index (Phi) is 19.7. The largest absolute Gasteiger partial charge is 0.380 e. The van der Waals surface area contributed by atoms with E-state index in [-0.39, 0.29) is 76.7 Å². The van der Waals surface area contributed by atoms with Crippen LogP contribution in [0.1, 0.15) is 29.5 Å². The number of nitrogens with one attached hydrogen (secondary N) is 3. The number of halogens is 2. The normalized spacial score (nSPS) is 15.9. The lowest BCUT2D eigenvalue weighted by Gasteiger charge is -2.33. The van der Waals surface area contributed by atoms with Crippen LogP contribution in [0, 0.1) is 0 Å². The van der Waals surface area contributed by atoms with E-state index in [0.717, 1.165) is 23.2 Å². The van der Waals surface area contributed by atoms with Gasteiger partial charge in [0.15, 0.2) is 12.2 Å². The lowest BCUT2D eigenvalue weighted by Crippen LogP contribution is -2.50. The lowest BCUT2D eigenvalue weighted by atomic mass is 9.85. The highest BCUT2D eigenvalue weighted by Gasteiger charge is 2.30. The molecule has 5 N–H and O–H groups in total. The van der Waals surface area contributed by atoms with E-state index < -0.39 is 34.0 Å². The van der Waals surface area contributed by atoms with Crippen LogP contribution >= 0.6 is 23.2 Å². The Hall–Kier alpha value is -2.45. The summed E-state index contributed by atoms with van der Waals surface area (Å²) in [5.41, 5.74) is 3.03. The summed E-state index contributed by atoms with van der Waals surface area (Å²) in [4.78, 5) is 26.3. The van der Waals surface area contributed by atoms with E-state index in [1.807, 2.05) is 32.2 Å². The lowest BCUT2D eigenvalue weighted by molar-refractivity contribution is -0.146. The van der Waals surface area contributed by atoms with Gasteiger partial charge in [0.2, 0.25) is 10.0 Å². The van der Waals surface area contributed by atoms with Crippen molar-refractivity contribution in [2.45, 2.75) is 36.5 Å². The maximum atomic E-state index is 12.8. The zero-order chi connectivity index (χ0) is 37.9. The number of aliphatic hydroxyl groups excluding tert-OH is 2. The van der Waals surface area contributed by atoms with Gasteiger partial charge in [0.05, 0.1) is 64.4 Å². The van der Waals surface area contributed by atoms with Crippen molar-refractivity contribution in [2.75, 3.05) is 99.3 Å². The molecule has 0 spiro atoms. The number of hydrogen-bond acceptors (Lipinski definition) is 12. The van der Waals surface area contributed by atoms with Crippen LogP contribution in [0.25, 0.3) is 0 Å². The van der Waals surface area contributed by atoms with Crippen molar-refractivity contribution in [1.29, 1.82) is 0 Å². The molecule has 2 aromatic carbocycles. The summed E-state index contributed by atoms with van der Waals surface area (Å²) in [6, 6.07) is 10.5. The smallest absolute Gasteiger partial charge is 0.252 e. The number of aliphatic hydroxyl groups is 2. The molecule has 1 aliphatic rings. The summed E-state index contributed by atoms with van der Waals surface area (Å²) in [7, 11) is -1.72. The third-order valence-electron chi connectivity index (χ3n) is 7.87. The predicted octanol–water partition coefficient (Wildman–Crippen LogP) is 0.906. The molecule has 15 nitrogen and oxygen atoms in total. The average molecular weight is 794 g/mol. The van der Waals surface area contributed by atoms with Crippen LogP contribution in [0.4, 0.5) is 0 Å². The van der Waals surface area contributed by atoms with Gasteiger partial charge in [0, 0.05) is 55.3 Å². The number of nitrogens with zero attached hydrogens (tertiary/aromatic N) is 1. The number of carbonyl (C=O) groups is 2. The van der Waals surface area contributed by atoms with Crippen molar-refractivity contribution in [3.8, 4) is 0 Å². The summed E-state index contributed by atoms with van der Waals surface area (Å²) in [5, 5.41) is 25.8. The summed E-state index contributed by atoms with van der Waals surface area (Å²) in [6.07, 6.45) is -3.88. The average Bonchev–Trinajstić information content (AvgIpc) is 3.12. The number of fused-ring (bicyclic) bond motifs is 1. The van der Waals surface area contributed by atoms with Gasteiger partial charge in [-0.1, -0.05) is 35.3 Å². The van der Waals surface area contributed by atoms with Crippen LogP contribution in [0.5, 0.6) is 0 Å². The molecule has 2 amide bonds. The van der Waals surface area contributed by atoms with Crippen LogP contribution < -0.4 is 15.4 Å². The molecule has 3 atom stereocenters. The number of hydrogen-bond donors (Lipinski definition) is 5. The second-order valence-electron chi connectivity index (χ2n) is 11.8. The van der Waals surface area contributed by atoms with Gasteiger partial charge in [-0.15, -0.1) is 0 Å². The molecule has 1 heterocycles. The molecule has 18 heteroatoms. The number of ether oxygens (including phenoxy) is 5. The number of carbonyl (C=O) groups excluding carboxylic acids is 2. The predicted molar refractivity (Wildman–Crippen MR) is 194 cm³/mol. The van der Waals surface area contributed by atoms with Crippen LogP contribution in [0.3, 0.4) is 0 Å². The molecule has 0 saturated heterocycles. The molecule has 1 aliphatic heterocycles. The van der Waals surface area contributed by atoms with Crippen LogP contribution in [0.15, 0.2) is 41.3 Å². The van der Waals surface area contributed by atoms with E-state index in [4.69, 9.17) is 46.9 Å². The Balaban J connectivity index is 1.21. The molecule has 2 aromatic rings. The quantitative estimate of drug-likeness (QED) is 0.0894. The van der Waals surface area contributed by atoms with E-state index in [2.05, 4.69) is 20.3 Å². The third-order valence-corrected chi connectivity index (χ3v) is 9.90. The number of sulfonamides is 1. The Morgan fingerprint density at radius 3 is 1.85 bits per heavy atom. The maximum Gasteiger partial charge on any atom is 0.252 e. The number of rotatable bonds is 25. The Morgan fingerprint density at radius 2 is 1.31 bits per heavy atom. The first kappa shape index (κ1) is 44.0. The van der Waals surface area contributed by atoms with E-state index in [1.54, 1.807) is 18.2 Å². The van der Waals surface area contributed by atoms with Crippen LogP contribution in [-0.2, 0) is 49.8 Å². The molecule has 52 heavy (non-hydrogen) atoms. The Labute approximate surface area is 315 Å². The highest BCUT2D eigenvalue weighted by molar-refractivity contribution is 7.89. The zero-order valence-corrected chi connectivity index (χ0v) is 31.8. The topological polar surface area (TPSA) is 194 Å². The summed E-state index contributed by atoms with van der Waals surface area (Å²) < 4.78 is 54.8. The second kappa shape index (κ2) is 23.4. The zero-order valence-electron chi connectivity index (χ0n) is 29.5. The fraction of sp³-hybridized carbons (Fsp3) is 0.588. The first-order valence-electron chi connectivity index (χ1n) is 17.0. The van der Waals surface area contributed by atoms with Crippen molar-refractivity contribution in [3.63, 3.8) is 0 Å². The van der Waals surface area contributed by atoms with E-state index in [1.165, 1.54) is 0 Å². The van der Waals surface area contributed by atoms with Crippen molar-refractivity contribution in [3.05, 3.63) is 63.1 Å². The molecule has 292 valence electrons. The van der Waals surface area contributed by atoms with Gasteiger partial charge in [0.25, 0.3) is 11.8 Å². The van der Waals surface area contributed by atoms with Gasteiger partial charge < -0.3 is 49.4 Å². The number of amides is 2. The minimum Gasteiger partial charge on any atom is -0.380 e. The van der Waals surface area contributed by atoms with Gasteiger partial charge in [-0.2, -0.15) is 0 Å². The van der Waals surface area contributed by atoms with Gasteiger partial charge in [-0.05, 0) is 54.9 Å². The number of benzene rings is 2. The van der Waals surface area contributed by atoms with Gasteiger partial charge in [-0.25, -0.2) is 13.1 Å². The highest BCUT2D eigenvalue weighted by Crippen LogP contribution is 2.38. The molecule has 0 bridgehead atoms. The minimum atomic E-state index is -3.74. The molecular formula is C34H50Cl2N4O11S. The van der Waals surface area contributed by atoms with Crippen molar-refractivity contribution < 1.29 is 51.9 Å². The molecule has 0 radical (unpaired) electrons. The van der Waals surface area contributed by atoms with E-state index >= 15 is 0 Å². The molecule has 0 aromatic heterocycles. The fourth-order valence-electron chi connectivity index (χ4n) is 5.24. The van der Waals surface area contributed by atoms with Crippen molar-refractivity contribution in [1.82, 2.24) is 20.3 Å². The van der Waals surface area contributed by atoms with Crippen molar-refractivity contribution in [2.24, 2.45) is 0 Å². The molecule has 0 fully saturated rings. The first-order chi connectivity index (χ1) is 24.9. The Bertz CT molecular complexity index is 1500. The van der Waals surface area contributed by atoms with E-state index in [0.29, 0.717) is 36.4 Å². The van der Waals surface area contributed by atoms with Gasteiger partial charge in [0.1, 0.15) is 0 Å². The maximum absolute atomic E-state index is 12.8. The molecular weight excluding hydrogens is 743 g/mol. The summed E-state index contributed by atoms with van der Waals surface area (Å²) in [6.45, 7) is 6.32. The number of likely N-dealkylation sites (N-methyl/N-ethyl adjacent to an activating group) is 1. The summed E-state index contributed by atoms with van der Waals surface area (Å²) >= 11 is 12.8. The van der Waals surface area contributed by atoms with Gasteiger partial charge >= 0.3 is 0 Å². The third kappa shape index (κ3) is 14.8. The van der Waals surface area contributed by atoms with Crippen LogP contribution in [-0.4, -0.2) is 147 Å². The van der Waals surface area contributed by atoms with Crippen LogP contribution in [0.2, 0.25) is 10.0 Å². The first-order valence-corrected chi connectivity index (χ1v) is 19.2. The molecule has 3 rings (SSSR count). The van der Waals surface area contributed by atoms with Gasteiger partial charge in [-0.3, -0.25) is 9.59 Å². The second-order valence-corrected chi connectivity index (χ2v) is 14.4. The Morgan fingerprint density at radius 1 is 0.808 bits per heavy atom. The fourth-order valence-corrected chi connectivity index (χ4v) is 6.82. The molecule has 0 aliphatic carbocycles. The minimum absolute atomic E-state index is 0.00100. The van der Waals surface area contributed by atoms with Crippen molar-refractivity contribution >= 4 is 45.0 Å². The molecule has 0 saturated carbocycles. The molecule has 3 unspecified atom stereocenters. The van der Waals surface area contributed by atoms with E-state index in [9.17, 15) is 28.2 Å². The SMILES string of the molecule is CCOCCOCCNC(=O)C(O)C(O)C(=O)NCCOCCOCCOCCNS(=O)(=O)c1ccc(C2CN(C)Cc3c(Cl)cc(Cl)cc32)cc1. The standard InChI is InChI=1S/C34H50Cl2N4O11S/c1-3-47-14-15-48-11-8-37-33(43)31(41)32(42)34(44)38-9-12-49-16-18-51-19-17-50-13-10-39-52(45,46)26-6-4-24(5-7-26)28-22-40(2)23-29-27(28)20-25(35)21-30(29)36/h4-7,20-21,28,31-32,39,41-42H,3,8-19,22-23H2,1-2H3,(H,37,43)(H,38,44). The summed E-state index contributed by atoms with van der Waals surface area (Å²) in [5.74, 6) is -1.81. The monoisotopic (exact) mass is 792 g/mol.